The normalized spacial score (nSPS) is 12.0. The first-order valence-electron chi connectivity index (χ1n) is 7.58. The van der Waals surface area contributed by atoms with Gasteiger partial charge in [0.1, 0.15) is 5.75 Å². The van der Waals surface area contributed by atoms with Crippen molar-refractivity contribution in [1.29, 1.82) is 0 Å². The third-order valence-electron chi connectivity index (χ3n) is 3.40. The van der Waals surface area contributed by atoms with Crippen molar-refractivity contribution in [3.63, 3.8) is 0 Å². The maximum atomic E-state index is 9.39. The average Bonchev–Trinajstić information content (AvgIpc) is 3.03. The third kappa shape index (κ3) is 4.35. The lowest BCUT2D eigenvalue weighted by Gasteiger charge is -2.04. The highest BCUT2D eigenvalue weighted by atomic mass is 79.9. The van der Waals surface area contributed by atoms with Crippen LogP contribution in [0.5, 0.6) is 5.75 Å². The van der Waals surface area contributed by atoms with Gasteiger partial charge in [0.15, 0.2) is 0 Å². The van der Waals surface area contributed by atoms with E-state index >= 15 is 0 Å². The lowest BCUT2D eigenvalue weighted by Crippen LogP contribution is -2.12. The zero-order valence-electron chi connectivity index (χ0n) is 13.3. The van der Waals surface area contributed by atoms with Gasteiger partial charge in [-0.2, -0.15) is 5.10 Å². The van der Waals surface area contributed by atoms with Crippen LogP contribution in [0.2, 0.25) is 0 Å². The number of phenolic OH excluding ortho intramolecular Hbond substituents is 1. The maximum absolute atomic E-state index is 9.39. The number of thiazole rings is 1. The average molecular weight is 414 g/mol. The molecule has 0 amide bonds. The van der Waals surface area contributed by atoms with E-state index in [0.29, 0.717) is 6.54 Å². The molecule has 0 unspecified atom stereocenters. The summed E-state index contributed by atoms with van der Waals surface area (Å²) in [6, 6.07) is 15.0. The number of aromatic hydroxyl groups is 1. The second-order valence-electron chi connectivity index (χ2n) is 5.19. The van der Waals surface area contributed by atoms with Gasteiger partial charge in [0.05, 0.1) is 18.5 Å². The Hall–Kier alpha value is -2.44. The van der Waals surface area contributed by atoms with Gasteiger partial charge in [0, 0.05) is 15.4 Å². The molecule has 1 N–H and O–H groups in total. The van der Waals surface area contributed by atoms with Gasteiger partial charge in [-0.25, -0.2) is 4.68 Å². The Labute approximate surface area is 158 Å². The van der Waals surface area contributed by atoms with E-state index in [0.717, 1.165) is 26.1 Å². The Bertz CT molecular complexity index is 954. The van der Waals surface area contributed by atoms with Gasteiger partial charge >= 0.3 is 0 Å². The number of benzene rings is 2. The molecule has 0 bridgehead atoms. The minimum atomic E-state index is 0.234. The molecule has 0 saturated carbocycles. The van der Waals surface area contributed by atoms with Crippen molar-refractivity contribution in [2.45, 2.75) is 0 Å². The van der Waals surface area contributed by atoms with E-state index in [1.54, 1.807) is 24.4 Å². The van der Waals surface area contributed by atoms with Gasteiger partial charge in [-0.05, 0) is 42.0 Å². The van der Waals surface area contributed by atoms with Crippen molar-refractivity contribution in [3.05, 3.63) is 81.4 Å². The number of aromatic nitrogens is 1. The van der Waals surface area contributed by atoms with Crippen molar-refractivity contribution >= 4 is 33.5 Å². The molecule has 0 radical (unpaired) electrons. The van der Waals surface area contributed by atoms with Crippen LogP contribution in [-0.2, 0) is 0 Å². The molecular formula is C19H16BrN3OS. The van der Waals surface area contributed by atoms with E-state index in [9.17, 15) is 5.11 Å². The monoisotopic (exact) mass is 413 g/mol. The summed E-state index contributed by atoms with van der Waals surface area (Å²) < 4.78 is 2.85. The van der Waals surface area contributed by atoms with Crippen molar-refractivity contribution < 1.29 is 5.11 Å². The van der Waals surface area contributed by atoms with Crippen LogP contribution in [0.25, 0.3) is 11.3 Å². The van der Waals surface area contributed by atoms with Crippen LogP contribution in [0.1, 0.15) is 5.56 Å². The molecule has 0 fully saturated rings. The first-order chi connectivity index (χ1) is 12.2. The first kappa shape index (κ1) is 17.4. The van der Waals surface area contributed by atoms with Crippen LogP contribution in [-0.4, -0.2) is 22.5 Å². The number of nitrogens with zero attached hydrogens (tertiary/aromatic N) is 3. The molecule has 4 nitrogen and oxygen atoms in total. The minimum Gasteiger partial charge on any atom is -0.508 e. The van der Waals surface area contributed by atoms with Crippen LogP contribution in [0, 0.1) is 0 Å². The zero-order valence-corrected chi connectivity index (χ0v) is 15.7. The van der Waals surface area contributed by atoms with Crippen LogP contribution in [0.15, 0.2) is 81.1 Å². The second kappa shape index (κ2) is 8.09. The fraction of sp³-hybridized carbons (Fsp3) is 0.0526. The molecule has 3 aromatic rings. The third-order valence-corrected chi connectivity index (χ3v) is 4.78. The topological polar surface area (TPSA) is 49.9 Å². The van der Waals surface area contributed by atoms with Gasteiger partial charge in [-0.3, -0.25) is 4.99 Å². The van der Waals surface area contributed by atoms with E-state index in [2.05, 4.69) is 32.6 Å². The van der Waals surface area contributed by atoms with Gasteiger partial charge in [0.2, 0.25) is 4.80 Å². The Morgan fingerprint density at radius 1 is 1.12 bits per heavy atom. The predicted molar refractivity (Wildman–Crippen MR) is 107 cm³/mol. The largest absolute Gasteiger partial charge is 0.508 e. The van der Waals surface area contributed by atoms with Crippen LogP contribution in [0.4, 0.5) is 0 Å². The highest BCUT2D eigenvalue weighted by Crippen LogP contribution is 2.22. The van der Waals surface area contributed by atoms with E-state index < -0.39 is 0 Å². The molecule has 0 spiro atoms. The number of halogens is 1. The molecule has 6 heteroatoms. The van der Waals surface area contributed by atoms with Gasteiger partial charge in [0.25, 0.3) is 0 Å². The number of rotatable bonds is 5. The minimum absolute atomic E-state index is 0.234. The highest BCUT2D eigenvalue weighted by Gasteiger charge is 2.07. The van der Waals surface area contributed by atoms with Crippen LogP contribution >= 0.6 is 27.3 Å². The van der Waals surface area contributed by atoms with Crippen LogP contribution < -0.4 is 4.80 Å². The van der Waals surface area contributed by atoms with E-state index in [-0.39, 0.29) is 5.75 Å². The Kier molecular flexibility index (Phi) is 5.63. The van der Waals surface area contributed by atoms with Gasteiger partial charge in [-0.15, -0.1) is 17.9 Å². The zero-order chi connectivity index (χ0) is 17.6. The van der Waals surface area contributed by atoms with E-state index in [1.165, 1.54) is 11.3 Å². The molecule has 0 aliphatic heterocycles. The molecule has 0 aliphatic carbocycles. The Balaban J connectivity index is 2.05. The van der Waals surface area contributed by atoms with E-state index in [1.807, 2.05) is 46.5 Å². The number of hydrogen-bond donors (Lipinski definition) is 1. The Morgan fingerprint density at radius 2 is 1.84 bits per heavy atom. The molecule has 1 aromatic heterocycles. The molecule has 0 saturated heterocycles. The smallest absolute Gasteiger partial charge is 0.206 e. The van der Waals surface area contributed by atoms with Crippen molar-refractivity contribution in [2.75, 3.05) is 6.54 Å². The summed E-state index contributed by atoms with van der Waals surface area (Å²) in [6.45, 7) is 4.25. The van der Waals surface area contributed by atoms with Crippen LogP contribution in [0.3, 0.4) is 0 Å². The molecule has 126 valence electrons. The molecule has 3 rings (SSSR count). The summed E-state index contributed by atoms with van der Waals surface area (Å²) in [5.74, 6) is 0.234. The summed E-state index contributed by atoms with van der Waals surface area (Å²) in [5, 5.41) is 16.0. The van der Waals surface area contributed by atoms with Crippen molar-refractivity contribution in [2.24, 2.45) is 10.1 Å². The van der Waals surface area contributed by atoms with Crippen molar-refractivity contribution in [1.82, 2.24) is 4.68 Å². The first-order valence-corrected chi connectivity index (χ1v) is 9.26. The standard InChI is InChI=1S/C19H16BrN3OS/c1-2-11-21-19-23(22-12-14-3-9-17(24)10-4-14)18(13-25-19)15-5-7-16(20)8-6-15/h2-10,12-13,24H,1,11H2. The summed E-state index contributed by atoms with van der Waals surface area (Å²) in [5.41, 5.74) is 2.92. The molecule has 2 aromatic carbocycles. The molecule has 0 aliphatic rings. The van der Waals surface area contributed by atoms with E-state index in [4.69, 9.17) is 0 Å². The number of hydrogen-bond acceptors (Lipinski definition) is 4. The summed E-state index contributed by atoms with van der Waals surface area (Å²) in [4.78, 5) is 5.31. The lowest BCUT2D eigenvalue weighted by atomic mass is 10.2. The molecule has 1 heterocycles. The van der Waals surface area contributed by atoms with Gasteiger partial charge in [-0.1, -0.05) is 34.1 Å². The maximum Gasteiger partial charge on any atom is 0.206 e. The molecule has 25 heavy (non-hydrogen) atoms. The lowest BCUT2D eigenvalue weighted by molar-refractivity contribution is 0.475. The molecular weight excluding hydrogens is 398 g/mol. The predicted octanol–water partition coefficient (Wildman–Crippen LogP) is 4.65. The van der Waals surface area contributed by atoms with Gasteiger partial charge < -0.3 is 5.11 Å². The summed E-state index contributed by atoms with van der Waals surface area (Å²) >= 11 is 5.00. The highest BCUT2D eigenvalue weighted by molar-refractivity contribution is 9.10. The summed E-state index contributed by atoms with van der Waals surface area (Å²) in [7, 11) is 0. The quantitative estimate of drug-likeness (QED) is 0.480. The summed E-state index contributed by atoms with van der Waals surface area (Å²) in [6.07, 6.45) is 3.51. The fourth-order valence-electron chi connectivity index (χ4n) is 2.17. The molecule has 0 atom stereocenters. The fourth-order valence-corrected chi connectivity index (χ4v) is 3.28. The SMILES string of the molecule is C=CCN=c1scc(-c2ccc(Br)cc2)n1N=Cc1ccc(O)cc1. The second-order valence-corrected chi connectivity index (χ2v) is 6.94. The van der Waals surface area contributed by atoms with Crippen molar-refractivity contribution in [3.8, 4) is 17.0 Å². The Morgan fingerprint density at radius 3 is 2.52 bits per heavy atom. The number of phenols is 1.